The second kappa shape index (κ2) is 6.13. The van der Waals surface area contributed by atoms with Gasteiger partial charge in [-0.05, 0) is 27.7 Å². The molecule has 0 aromatic heterocycles. The van der Waals surface area contributed by atoms with Crippen molar-refractivity contribution in [3.63, 3.8) is 0 Å². The Morgan fingerprint density at radius 1 is 1.33 bits per heavy atom. The quantitative estimate of drug-likeness (QED) is 0.697. The standard InChI is InChI=1S/C11H20N2O.ClH/c1-5-8(2)11(14)13-9(3)6-12-7-10(13)4;/h5,9-10,12H,6-7H2,1-4H3;1H/b8-5-;. The van der Waals surface area contributed by atoms with Crippen molar-refractivity contribution in [3.05, 3.63) is 11.6 Å². The zero-order valence-corrected chi connectivity index (χ0v) is 10.7. The molecule has 0 radical (unpaired) electrons. The molecule has 0 aliphatic carbocycles. The van der Waals surface area contributed by atoms with Crippen molar-refractivity contribution < 1.29 is 4.79 Å². The number of hydrogen-bond donors (Lipinski definition) is 1. The van der Waals surface area contributed by atoms with Crippen molar-refractivity contribution in [1.82, 2.24) is 10.2 Å². The predicted molar refractivity (Wildman–Crippen MR) is 65.3 cm³/mol. The molecule has 1 fully saturated rings. The van der Waals surface area contributed by atoms with E-state index in [4.69, 9.17) is 0 Å². The SMILES string of the molecule is C/C=C(/C)C(=O)N1C(C)CNCC1C.Cl. The summed E-state index contributed by atoms with van der Waals surface area (Å²) in [7, 11) is 0. The summed E-state index contributed by atoms with van der Waals surface area (Å²) in [6.45, 7) is 9.75. The summed E-state index contributed by atoms with van der Waals surface area (Å²) in [4.78, 5) is 14.0. The number of nitrogens with one attached hydrogen (secondary N) is 1. The van der Waals surface area contributed by atoms with E-state index >= 15 is 0 Å². The van der Waals surface area contributed by atoms with Crippen LogP contribution in [0.1, 0.15) is 27.7 Å². The Balaban J connectivity index is 0.00000196. The van der Waals surface area contributed by atoms with Crippen LogP contribution in [0.3, 0.4) is 0 Å². The Morgan fingerprint density at radius 3 is 2.20 bits per heavy atom. The second-order valence-electron chi connectivity index (χ2n) is 4.04. The average molecular weight is 233 g/mol. The number of piperazine rings is 1. The minimum atomic E-state index is 0. The number of carbonyl (C=O) groups excluding carboxylic acids is 1. The predicted octanol–water partition coefficient (Wildman–Crippen LogP) is 1.58. The van der Waals surface area contributed by atoms with E-state index in [1.54, 1.807) is 0 Å². The molecule has 88 valence electrons. The molecule has 1 heterocycles. The number of hydrogen-bond acceptors (Lipinski definition) is 2. The summed E-state index contributed by atoms with van der Waals surface area (Å²) < 4.78 is 0. The lowest BCUT2D eigenvalue weighted by Gasteiger charge is -2.39. The number of halogens is 1. The topological polar surface area (TPSA) is 32.3 Å². The van der Waals surface area contributed by atoms with Gasteiger partial charge in [-0.25, -0.2) is 0 Å². The van der Waals surface area contributed by atoms with Crippen LogP contribution in [0.15, 0.2) is 11.6 Å². The fraction of sp³-hybridized carbons (Fsp3) is 0.727. The molecule has 1 aliphatic heterocycles. The minimum absolute atomic E-state index is 0. The van der Waals surface area contributed by atoms with E-state index in [1.807, 2.05) is 24.8 Å². The van der Waals surface area contributed by atoms with E-state index in [2.05, 4.69) is 19.2 Å². The monoisotopic (exact) mass is 232 g/mol. The van der Waals surface area contributed by atoms with Gasteiger partial charge >= 0.3 is 0 Å². The molecule has 0 saturated carbocycles. The van der Waals surface area contributed by atoms with Crippen molar-refractivity contribution >= 4 is 18.3 Å². The average Bonchev–Trinajstić information content (AvgIpc) is 2.16. The van der Waals surface area contributed by atoms with Crippen LogP contribution >= 0.6 is 12.4 Å². The van der Waals surface area contributed by atoms with Gasteiger partial charge in [0.2, 0.25) is 5.91 Å². The minimum Gasteiger partial charge on any atom is -0.331 e. The van der Waals surface area contributed by atoms with Gasteiger partial charge in [-0.3, -0.25) is 4.79 Å². The molecule has 4 heteroatoms. The largest absolute Gasteiger partial charge is 0.331 e. The van der Waals surface area contributed by atoms with Crippen molar-refractivity contribution in [1.29, 1.82) is 0 Å². The van der Waals surface area contributed by atoms with Gasteiger partial charge in [0.25, 0.3) is 0 Å². The third-order valence-electron chi connectivity index (χ3n) is 2.83. The van der Waals surface area contributed by atoms with Gasteiger partial charge in [-0.15, -0.1) is 12.4 Å². The molecular formula is C11H21ClN2O. The highest BCUT2D eigenvalue weighted by Crippen LogP contribution is 2.13. The van der Waals surface area contributed by atoms with E-state index in [1.165, 1.54) is 0 Å². The lowest BCUT2D eigenvalue weighted by atomic mass is 10.1. The maximum atomic E-state index is 12.0. The van der Waals surface area contributed by atoms with Gasteiger partial charge in [0.05, 0.1) is 0 Å². The number of rotatable bonds is 1. The smallest absolute Gasteiger partial charge is 0.249 e. The fourth-order valence-electron chi connectivity index (χ4n) is 1.86. The lowest BCUT2D eigenvalue weighted by molar-refractivity contribution is -0.132. The first kappa shape index (κ1) is 14.5. The Hall–Kier alpha value is -0.540. The van der Waals surface area contributed by atoms with Gasteiger partial charge in [0.15, 0.2) is 0 Å². The lowest BCUT2D eigenvalue weighted by Crippen LogP contribution is -2.57. The molecule has 1 aliphatic rings. The Bertz CT molecular complexity index is 243. The molecule has 1 amide bonds. The van der Waals surface area contributed by atoms with Crippen LogP contribution < -0.4 is 5.32 Å². The summed E-state index contributed by atoms with van der Waals surface area (Å²) in [6, 6.07) is 0.585. The molecule has 3 nitrogen and oxygen atoms in total. The second-order valence-corrected chi connectivity index (χ2v) is 4.04. The van der Waals surface area contributed by atoms with E-state index in [-0.39, 0.29) is 18.3 Å². The maximum absolute atomic E-state index is 12.0. The first-order valence-corrected chi connectivity index (χ1v) is 5.24. The maximum Gasteiger partial charge on any atom is 0.249 e. The van der Waals surface area contributed by atoms with Crippen LogP contribution in [-0.2, 0) is 4.79 Å². The number of nitrogens with zero attached hydrogens (tertiary/aromatic N) is 1. The summed E-state index contributed by atoms with van der Waals surface area (Å²) in [6.07, 6.45) is 1.88. The number of allylic oxidation sites excluding steroid dienone is 1. The molecule has 1 saturated heterocycles. The van der Waals surface area contributed by atoms with Crippen molar-refractivity contribution in [2.24, 2.45) is 0 Å². The molecule has 0 aromatic rings. The van der Waals surface area contributed by atoms with Crippen LogP contribution in [-0.4, -0.2) is 36.0 Å². The number of carbonyl (C=O) groups is 1. The van der Waals surface area contributed by atoms with Crippen molar-refractivity contribution in [2.45, 2.75) is 39.8 Å². The van der Waals surface area contributed by atoms with Crippen molar-refractivity contribution in [3.8, 4) is 0 Å². The Morgan fingerprint density at radius 2 is 1.80 bits per heavy atom. The van der Waals surface area contributed by atoms with Gasteiger partial charge < -0.3 is 10.2 Å². The molecule has 1 rings (SSSR count). The van der Waals surface area contributed by atoms with E-state index < -0.39 is 0 Å². The molecule has 2 unspecified atom stereocenters. The summed E-state index contributed by atoms with van der Waals surface area (Å²) in [5.74, 6) is 0.175. The first-order valence-electron chi connectivity index (χ1n) is 5.24. The Labute approximate surface area is 98.3 Å². The fourth-order valence-corrected chi connectivity index (χ4v) is 1.86. The van der Waals surface area contributed by atoms with Crippen LogP contribution in [0.4, 0.5) is 0 Å². The zero-order valence-electron chi connectivity index (χ0n) is 9.91. The molecule has 2 atom stereocenters. The first-order chi connectivity index (χ1) is 6.57. The van der Waals surface area contributed by atoms with Crippen LogP contribution in [0.25, 0.3) is 0 Å². The highest BCUT2D eigenvalue weighted by atomic mass is 35.5. The van der Waals surface area contributed by atoms with E-state index in [9.17, 15) is 4.79 Å². The molecule has 0 spiro atoms. The Kier molecular flexibility index (Phi) is 5.91. The number of amides is 1. The highest BCUT2D eigenvalue weighted by molar-refractivity contribution is 5.93. The zero-order chi connectivity index (χ0) is 10.7. The van der Waals surface area contributed by atoms with Gasteiger partial charge in [0, 0.05) is 30.7 Å². The van der Waals surface area contributed by atoms with Crippen LogP contribution in [0.2, 0.25) is 0 Å². The van der Waals surface area contributed by atoms with E-state index in [0.717, 1.165) is 18.7 Å². The van der Waals surface area contributed by atoms with Gasteiger partial charge in [0.1, 0.15) is 0 Å². The summed E-state index contributed by atoms with van der Waals surface area (Å²) >= 11 is 0. The normalized spacial score (nSPS) is 27.2. The van der Waals surface area contributed by atoms with Gasteiger partial charge in [-0.1, -0.05) is 6.08 Å². The van der Waals surface area contributed by atoms with Crippen LogP contribution in [0.5, 0.6) is 0 Å². The molecule has 0 bridgehead atoms. The molecule has 0 aromatic carbocycles. The van der Waals surface area contributed by atoms with Crippen molar-refractivity contribution in [2.75, 3.05) is 13.1 Å². The third-order valence-corrected chi connectivity index (χ3v) is 2.83. The third kappa shape index (κ3) is 3.21. The molecular weight excluding hydrogens is 212 g/mol. The highest BCUT2D eigenvalue weighted by Gasteiger charge is 2.28. The molecule has 15 heavy (non-hydrogen) atoms. The van der Waals surface area contributed by atoms with E-state index in [0.29, 0.717) is 12.1 Å². The van der Waals surface area contributed by atoms with Crippen LogP contribution in [0, 0.1) is 0 Å². The van der Waals surface area contributed by atoms with Gasteiger partial charge in [-0.2, -0.15) is 0 Å². The molecule has 1 N–H and O–H groups in total. The summed E-state index contributed by atoms with van der Waals surface area (Å²) in [5, 5.41) is 3.31. The summed E-state index contributed by atoms with van der Waals surface area (Å²) in [5.41, 5.74) is 0.839.